The summed E-state index contributed by atoms with van der Waals surface area (Å²) in [5.74, 6) is 0.743. The van der Waals surface area contributed by atoms with Crippen LogP contribution in [0.3, 0.4) is 0 Å². The Labute approximate surface area is 111 Å². The van der Waals surface area contributed by atoms with Crippen LogP contribution < -0.4 is 5.32 Å². The Kier molecular flexibility index (Phi) is 4.79. The highest BCUT2D eigenvalue weighted by atomic mass is 16.5. The topological polar surface area (TPSA) is 21.3 Å². The van der Waals surface area contributed by atoms with Gasteiger partial charge in [0.2, 0.25) is 0 Å². The van der Waals surface area contributed by atoms with Gasteiger partial charge < -0.3 is 10.1 Å². The number of fused-ring (bicyclic) bond motifs is 1. The molecule has 1 aromatic carbocycles. The summed E-state index contributed by atoms with van der Waals surface area (Å²) < 4.78 is 5.90. The average Bonchev–Trinajstić information content (AvgIpc) is 2.35. The Hall–Kier alpha value is -0.860. The van der Waals surface area contributed by atoms with E-state index in [0.717, 1.165) is 25.5 Å². The van der Waals surface area contributed by atoms with Gasteiger partial charge in [-0.2, -0.15) is 0 Å². The summed E-state index contributed by atoms with van der Waals surface area (Å²) in [5.41, 5.74) is 2.82. The Balaban J connectivity index is 1.91. The second-order valence-electron chi connectivity index (χ2n) is 5.75. The average molecular weight is 247 g/mol. The monoisotopic (exact) mass is 247 g/mol. The molecule has 0 fully saturated rings. The highest BCUT2D eigenvalue weighted by molar-refractivity contribution is 5.31. The van der Waals surface area contributed by atoms with E-state index < -0.39 is 0 Å². The van der Waals surface area contributed by atoms with E-state index in [4.69, 9.17) is 4.74 Å². The molecule has 2 unspecified atom stereocenters. The van der Waals surface area contributed by atoms with Crippen molar-refractivity contribution in [2.45, 2.75) is 45.8 Å². The Morgan fingerprint density at radius 2 is 2.06 bits per heavy atom. The summed E-state index contributed by atoms with van der Waals surface area (Å²) in [6.45, 7) is 8.57. The fourth-order valence-electron chi connectivity index (χ4n) is 2.74. The standard InChI is InChI=1S/C16H25NO/c1-12(2)10-13(3)17-11-16-15-7-5-4-6-14(15)8-9-18-16/h4-7,12-13,16-17H,8-11H2,1-3H3. The Morgan fingerprint density at radius 3 is 2.83 bits per heavy atom. The van der Waals surface area contributed by atoms with Crippen LogP contribution in [0.15, 0.2) is 24.3 Å². The second kappa shape index (κ2) is 6.35. The summed E-state index contributed by atoms with van der Waals surface area (Å²) in [6, 6.07) is 9.22. The highest BCUT2D eigenvalue weighted by Gasteiger charge is 2.20. The minimum atomic E-state index is 0.226. The quantitative estimate of drug-likeness (QED) is 0.862. The number of nitrogens with one attached hydrogen (secondary N) is 1. The lowest BCUT2D eigenvalue weighted by Gasteiger charge is -2.28. The SMILES string of the molecule is CC(C)CC(C)NCC1OCCc2ccccc21. The van der Waals surface area contributed by atoms with Gasteiger partial charge in [-0.25, -0.2) is 0 Å². The van der Waals surface area contributed by atoms with E-state index in [9.17, 15) is 0 Å². The van der Waals surface area contributed by atoms with Crippen LogP contribution in [0.4, 0.5) is 0 Å². The van der Waals surface area contributed by atoms with Gasteiger partial charge in [-0.05, 0) is 36.8 Å². The molecule has 2 nitrogen and oxygen atoms in total. The van der Waals surface area contributed by atoms with Crippen molar-refractivity contribution >= 4 is 0 Å². The molecule has 100 valence electrons. The Morgan fingerprint density at radius 1 is 1.28 bits per heavy atom. The van der Waals surface area contributed by atoms with Gasteiger partial charge in [0, 0.05) is 12.6 Å². The van der Waals surface area contributed by atoms with Gasteiger partial charge in [-0.1, -0.05) is 38.1 Å². The maximum absolute atomic E-state index is 5.90. The zero-order chi connectivity index (χ0) is 13.0. The normalized spacial score (nSPS) is 20.8. The number of benzene rings is 1. The van der Waals surface area contributed by atoms with E-state index in [-0.39, 0.29) is 6.10 Å². The molecule has 1 aliphatic heterocycles. The van der Waals surface area contributed by atoms with Crippen LogP contribution in [0.2, 0.25) is 0 Å². The molecule has 1 aromatic rings. The third-order valence-corrected chi connectivity index (χ3v) is 3.57. The first kappa shape index (κ1) is 13.6. The van der Waals surface area contributed by atoms with Gasteiger partial charge >= 0.3 is 0 Å². The fourth-order valence-corrected chi connectivity index (χ4v) is 2.74. The number of ether oxygens (including phenoxy) is 1. The first-order valence-corrected chi connectivity index (χ1v) is 7.09. The predicted molar refractivity (Wildman–Crippen MR) is 75.8 cm³/mol. The van der Waals surface area contributed by atoms with Gasteiger partial charge in [0.25, 0.3) is 0 Å². The summed E-state index contributed by atoms with van der Waals surface area (Å²) >= 11 is 0. The molecule has 2 atom stereocenters. The molecule has 2 heteroatoms. The van der Waals surface area contributed by atoms with E-state index in [1.807, 2.05) is 0 Å². The number of hydrogen-bond acceptors (Lipinski definition) is 2. The molecular formula is C16H25NO. The van der Waals surface area contributed by atoms with Crippen LogP contribution in [0, 0.1) is 5.92 Å². The molecule has 0 bridgehead atoms. The summed E-state index contributed by atoms with van der Waals surface area (Å²) in [7, 11) is 0. The molecule has 0 amide bonds. The minimum absolute atomic E-state index is 0.226. The van der Waals surface area contributed by atoms with Crippen LogP contribution >= 0.6 is 0 Å². The largest absolute Gasteiger partial charge is 0.372 e. The lowest BCUT2D eigenvalue weighted by Crippen LogP contribution is -2.34. The van der Waals surface area contributed by atoms with Gasteiger partial charge in [0.05, 0.1) is 12.7 Å². The van der Waals surface area contributed by atoms with Crippen LogP contribution in [0.1, 0.15) is 44.4 Å². The highest BCUT2D eigenvalue weighted by Crippen LogP contribution is 2.26. The summed E-state index contributed by atoms with van der Waals surface area (Å²) in [6.07, 6.45) is 2.49. The molecule has 0 saturated carbocycles. The van der Waals surface area contributed by atoms with Crippen LogP contribution in [-0.4, -0.2) is 19.2 Å². The summed E-state index contributed by atoms with van der Waals surface area (Å²) in [4.78, 5) is 0. The summed E-state index contributed by atoms with van der Waals surface area (Å²) in [5, 5.41) is 3.60. The molecule has 0 radical (unpaired) electrons. The first-order valence-electron chi connectivity index (χ1n) is 7.09. The van der Waals surface area contributed by atoms with Crippen molar-refractivity contribution < 1.29 is 4.74 Å². The maximum atomic E-state index is 5.90. The van der Waals surface area contributed by atoms with Crippen molar-refractivity contribution in [3.63, 3.8) is 0 Å². The molecule has 0 spiro atoms. The molecule has 0 aliphatic carbocycles. The maximum Gasteiger partial charge on any atom is 0.0952 e. The van der Waals surface area contributed by atoms with Crippen molar-refractivity contribution in [2.75, 3.05) is 13.2 Å². The number of hydrogen-bond donors (Lipinski definition) is 1. The van der Waals surface area contributed by atoms with Crippen molar-refractivity contribution in [1.29, 1.82) is 0 Å². The fraction of sp³-hybridized carbons (Fsp3) is 0.625. The third kappa shape index (κ3) is 3.56. The van der Waals surface area contributed by atoms with Gasteiger partial charge in [-0.15, -0.1) is 0 Å². The van der Waals surface area contributed by atoms with E-state index in [1.54, 1.807) is 0 Å². The van der Waals surface area contributed by atoms with E-state index in [1.165, 1.54) is 17.5 Å². The van der Waals surface area contributed by atoms with Crippen molar-refractivity contribution in [3.05, 3.63) is 35.4 Å². The molecule has 1 N–H and O–H groups in total. The van der Waals surface area contributed by atoms with Crippen molar-refractivity contribution in [3.8, 4) is 0 Å². The third-order valence-electron chi connectivity index (χ3n) is 3.57. The predicted octanol–water partition coefficient (Wildman–Crippen LogP) is 3.32. The zero-order valence-electron chi connectivity index (χ0n) is 11.8. The van der Waals surface area contributed by atoms with Crippen LogP contribution in [0.5, 0.6) is 0 Å². The van der Waals surface area contributed by atoms with E-state index in [0.29, 0.717) is 6.04 Å². The smallest absolute Gasteiger partial charge is 0.0952 e. The lowest BCUT2D eigenvalue weighted by molar-refractivity contribution is 0.0406. The Bertz CT molecular complexity index is 375. The van der Waals surface area contributed by atoms with Crippen LogP contribution in [-0.2, 0) is 11.2 Å². The second-order valence-corrected chi connectivity index (χ2v) is 5.75. The van der Waals surface area contributed by atoms with Crippen molar-refractivity contribution in [1.82, 2.24) is 5.32 Å². The van der Waals surface area contributed by atoms with Gasteiger partial charge in [0.1, 0.15) is 0 Å². The zero-order valence-corrected chi connectivity index (χ0v) is 11.8. The molecule has 0 aromatic heterocycles. The van der Waals surface area contributed by atoms with E-state index >= 15 is 0 Å². The molecule has 1 aliphatic rings. The molecule has 2 rings (SSSR count). The lowest BCUT2D eigenvalue weighted by atomic mass is 9.97. The van der Waals surface area contributed by atoms with E-state index in [2.05, 4.69) is 50.4 Å². The van der Waals surface area contributed by atoms with Gasteiger partial charge in [-0.3, -0.25) is 0 Å². The molecule has 0 saturated heterocycles. The number of rotatable bonds is 5. The first-order chi connectivity index (χ1) is 8.66. The molecule has 18 heavy (non-hydrogen) atoms. The minimum Gasteiger partial charge on any atom is -0.372 e. The molecular weight excluding hydrogens is 222 g/mol. The molecule has 1 heterocycles. The van der Waals surface area contributed by atoms with Gasteiger partial charge in [0.15, 0.2) is 0 Å². The van der Waals surface area contributed by atoms with Crippen LogP contribution in [0.25, 0.3) is 0 Å². The van der Waals surface area contributed by atoms with Crippen molar-refractivity contribution in [2.24, 2.45) is 5.92 Å².